The standard InChI is InChI=1S/C15H19N3O/c1-2-3-18-14(19)17-13(16)15(18)11-5-9-4-10(7-11)8-12(15)6-9/h1,9-12H,3-8H2,(H2,16,17,19). The Balaban J connectivity index is 1.81. The van der Waals surface area contributed by atoms with Crippen LogP contribution in [0.2, 0.25) is 0 Å². The van der Waals surface area contributed by atoms with E-state index in [1.165, 1.54) is 32.1 Å². The summed E-state index contributed by atoms with van der Waals surface area (Å²) in [6.45, 7) is 0.339. The zero-order valence-electron chi connectivity index (χ0n) is 11.0. The highest BCUT2D eigenvalue weighted by atomic mass is 16.2. The van der Waals surface area contributed by atoms with Crippen molar-refractivity contribution in [1.82, 2.24) is 4.90 Å². The van der Waals surface area contributed by atoms with E-state index in [1.807, 2.05) is 0 Å². The highest BCUT2D eigenvalue weighted by molar-refractivity contribution is 6.06. The van der Waals surface area contributed by atoms with Crippen molar-refractivity contribution in [1.29, 1.82) is 0 Å². The summed E-state index contributed by atoms with van der Waals surface area (Å²) in [6, 6.07) is -0.220. The predicted molar refractivity (Wildman–Crippen MR) is 72.3 cm³/mol. The maximum absolute atomic E-state index is 12.1. The molecule has 100 valence electrons. The first-order valence-corrected chi connectivity index (χ1v) is 7.26. The second kappa shape index (κ2) is 3.53. The maximum Gasteiger partial charge on any atom is 0.346 e. The molecule has 4 aliphatic carbocycles. The van der Waals surface area contributed by atoms with E-state index < -0.39 is 0 Å². The summed E-state index contributed by atoms with van der Waals surface area (Å²) in [4.78, 5) is 18.0. The van der Waals surface area contributed by atoms with Crippen LogP contribution in [0.4, 0.5) is 4.79 Å². The molecule has 1 spiro atoms. The van der Waals surface area contributed by atoms with Gasteiger partial charge >= 0.3 is 6.03 Å². The van der Waals surface area contributed by atoms with Crippen molar-refractivity contribution in [3.63, 3.8) is 0 Å². The van der Waals surface area contributed by atoms with E-state index in [0.29, 0.717) is 24.2 Å². The molecule has 2 N–H and O–H groups in total. The lowest BCUT2D eigenvalue weighted by Gasteiger charge is -2.61. The maximum atomic E-state index is 12.1. The molecule has 0 saturated heterocycles. The fraction of sp³-hybridized carbons (Fsp3) is 0.733. The Bertz CT molecular complexity index is 488. The van der Waals surface area contributed by atoms with Crippen molar-refractivity contribution in [2.75, 3.05) is 6.54 Å². The van der Waals surface area contributed by atoms with Gasteiger partial charge in [0.2, 0.25) is 0 Å². The number of aliphatic imine (C=N–C) groups is 1. The van der Waals surface area contributed by atoms with Crippen LogP contribution in [0.1, 0.15) is 32.1 Å². The first-order valence-electron chi connectivity index (χ1n) is 7.26. The number of rotatable bonds is 1. The average Bonchev–Trinajstić information content (AvgIpc) is 2.59. The summed E-state index contributed by atoms with van der Waals surface area (Å²) in [6.07, 6.45) is 11.6. The molecule has 19 heavy (non-hydrogen) atoms. The minimum Gasteiger partial charge on any atom is -0.385 e. The molecule has 1 aliphatic heterocycles. The first-order chi connectivity index (χ1) is 9.16. The second-order valence-corrected chi connectivity index (χ2v) is 6.70. The van der Waals surface area contributed by atoms with Crippen molar-refractivity contribution in [3.8, 4) is 12.3 Å². The summed E-state index contributed by atoms with van der Waals surface area (Å²) in [7, 11) is 0. The summed E-state index contributed by atoms with van der Waals surface area (Å²) >= 11 is 0. The minimum absolute atomic E-state index is 0.220. The third-order valence-electron chi connectivity index (χ3n) is 5.94. The quantitative estimate of drug-likeness (QED) is 0.725. The normalized spacial score (nSPS) is 46.8. The van der Waals surface area contributed by atoms with E-state index in [0.717, 1.165) is 11.8 Å². The summed E-state index contributed by atoms with van der Waals surface area (Å²) < 4.78 is 0. The molecule has 5 rings (SSSR count). The molecule has 5 aliphatic rings. The summed E-state index contributed by atoms with van der Waals surface area (Å²) in [5.41, 5.74) is 5.89. The van der Waals surface area contributed by atoms with Crippen molar-refractivity contribution < 1.29 is 4.79 Å². The molecule has 4 nitrogen and oxygen atoms in total. The zero-order chi connectivity index (χ0) is 13.2. The molecule has 2 amide bonds. The minimum atomic E-state index is -0.336. The zero-order valence-corrected chi connectivity index (χ0v) is 11.0. The van der Waals surface area contributed by atoms with Gasteiger partial charge in [-0.05, 0) is 55.8 Å². The van der Waals surface area contributed by atoms with E-state index in [2.05, 4.69) is 10.9 Å². The van der Waals surface area contributed by atoms with Gasteiger partial charge < -0.3 is 5.73 Å². The van der Waals surface area contributed by atoms with Gasteiger partial charge in [0.05, 0.1) is 6.54 Å². The third-order valence-corrected chi connectivity index (χ3v) is 5.94. The largest absolute Gasteiger partial charge is 0.385 e. The molecule has 0 aromatic heterocycles. The fourth-order valence-electron chi connectivity index (χ4n) is 5.60. The Kier molecular flexibility index (Phi) is 2.11. The van der Waals surface area contributed by atoms with Crippen molar-refractivity contribution in [3.05, 3.63) is 0 Å². The van der Waals surface area contributed by atoms with Gasteiger partial charge in [0.1, 0.15) is 11.4 Å². The van der Waals surface area contributed by atoms with E-state index in [9.17, 15) is 4.79 Å². The summed E-state index contributed by atoms with van der Waals surface area (Å²) in [5, 5.41) is 0. The van der Waals surface area contributed by atoms with E-state index >= 15 is 0 Å². The van der Waals surface area contributed by atoms with Gasteiger partial charge in [-0.1, -0.05) is 5.92 Å². The molecule has 0 aromatic carbocycles. The Morgan fingerprint density at radius 3 is 2.37 bits per heavy atom. The monoisotopic (exact) mass is 257 g/mol. The van der Waals surface area contributed by atoms with Gasteiger partial charge in [-0.15, -0.1) is 6.42 Å². The number of hydrogen-bond acceptors (Lipinski definition) is 2. The molecule has 1 heterocycles. The number of urea groups is 1. The number of hydrogen-bond donors (Lipinski definition) is 1. The lowest BCUT2D eigenvalue weighted by Crippen LogP contribution is -2.69. The van der Waals surface area contributed by atoms with E-state index in [4.69, 9.17) is 12.2 Å². The van der Waals surface area contributed by atoms with E-state index in [-0.39, 0.29) is 11.6 Å². The van der Waals surface area contributed by atoms with Gasteiger partial charge in [0.25, 0.3) is 0 Å². The molecular weight excluding hydrogens is 238 g/mol. The average molecular weight is 257 g/mol. The lowest BCUT2D eigenvalue weighted by atomic mass is 9.48. The third kappa shape index (κ3) is 1.21. The Hall–Kier alpha value is -1.50. The summed E-state index contributed by atoms with van der Waals surface area (Å²) in [5.74, 6) is 5.80. The molecule has 0 atom stereocenters. The lowest BCUT2D eigenvalue weighted by molar-refractivity contribution is -0.0746. The predicted octanol–water partition coefficient (Wildman–Crippen LogP) is 1.61. The van der Waals surface area contributed by atoms with Crippen LogP contribution in [0, 0.1) is 36.0 Å². The molecule has 4 heteroatoms. The molecule has 4 fully saturated rings. The van der Waals surface area contributed by atoms with Crippen molar-refractivity contribution in [2.45, 2.75) is 37.6 Å². The Morgan fingerprint density at radius 2 is 1.84 bits per heavy atom. The van der Waals surface area contributed by atoms with E-state index in [1.54, 1.807) is 4.90 Å². The number of amides is 2. The Labute approximate surface area is 113 Å². The van der Waals surface area contributed by atoms with Crippen LogP contribution < -0.4 is 5.73 Å². The van der Waals surface area contributed by atoms with Gasteiger partial charge in [-0.3, -0.25) is 4.90 Å². The van der Waals surface area contributed by atoms with Crippen molar-refractivity contribution in [2.24, 2.45) is 34.4 Å². The van der Waals surface area contributed by atoms with Gasteiger partial charge in [0.15, 0.2) is 0 Å². The molecular formula is C15H19N3O. The molecule has 4 saturated carbocycles. The molecule has 4 bridgehead atoms. The van der Waals surface area contributed by atoms with Crippen LogP contribution >= 0.6 is 0 Å². The van der Waals surface area contributed by atoms with Gasteiger partial charge in [0, 0.05) is 0 Å². The van der Waals surface area contributed by atoms with Crippen molar-refractivity contribution >= 4 is 11.9 Å². The molecule has 0 unspecified atom stereocenters. The van der Waals surface area contributed by atoms with Gasteiger partial charge in [-0.2, -0.15) is 4.99 Å². The van der Waals surface area contributed by atoms with Crippen LogP contribution in [0.3, 0.4) is 0 Å². The van der Waals surface area contributed by atoms with Crippen LogP contribution in [0.25, 0.3) is 0 Å². The van der Waals surface area contributed by atoms with Gasteiger partial charge in [-0.25, -0.2) is 4.79 Å². The highest BCUT2D eigenvalue weighted by Gasteiger charge is 2.64. The SMILES string of the molecule is C#CCN1C(=O)N=C(N)C12C1CC3CC(C1)CC2C3. The smallest absolute Gasteiger partial charge is 0.346 e. The molecule has 0 radical (unpaired) electrons. The second-order valence-electron chi connectivity index (χ2n) is 6.70. The number of carbonyl (C=O) groups is 1. The first kappa shape index (κ1) is 11.3. The number of amidine groups is 1. The van der Waals surface area contributed by atoms with Crippen LogP contribution in [0.15, 0.2) is 4.99 Å². The fourth-order valence-corrected chi connectivity index (χ4v) is 5.60. The topological polar surface area (TPSA) is 58.7 Å². The van der Waals surface area contributed by atoms with Crippen LogP contribution in [0.5, 0.6) is 0 Å². The number of carbonyl (C=O) groups excluding carboxylic acids is 1. The van der Waals surface area contributed by atoms with Crippen LogP contribution in [-0.2, 0) is 0 Å². The number of nitrogens with two attached hydrogens (primary N) is 1. The number of nitrogens with zero attached hydrogens (tertiary/aromatic N) is 2. The Morgan fingerprint density at radius 1 is 1.26 bits per heavy atom. The highest BCUT2D eigenvalue weighted by Crippen LogP contribution is 2.61. The number of terminal acetylenes is 1. The van der Waals surface area contributed by atoms with Crippen LogP contribution in [-0.4, -0.2) is 28.9 Å². The molecule has 0 aromatic rings.